The van der Waals surface area contributed by atoms with E-state index in [1.54, 1.807) is 18.4 Å². The lowest BCUT2D eigenvalue weighted by atomic mass is 9.92. The quantitative estimate of drug-likeness (QED) is 0.120. The van der Waals surface area contributed by atoms with Crippen molar-refractivity contribution >= 4 is 17.6 Å². The summed E-state index contributed by atoms with van der Waals surface area (Å²) < 4.78 is 59.0. The molecule has 44 heavy (non-hydrogen) atoms. The minimum atomic E-state index is -1.29. The molecule has 2 atom stereocenters. The second-order valence-corrected chi connectivity index (χ2v) is 10.8. The van der Waals surface area contributed by atoms with E-state index in [2.05, 4.69) is 0 Å². The van der Waals surface area contributed by atoms with Crippen molar-refractivity contribution < 1.29 is 42.6 Å². The number of halogens is 4. The summed E-state index contributed by atoms with van der Waals surface area (Å²) in [6.45, 7) is 3.52. The van der Waals surface area contributed by atoms with Crippen molar-refractivity contribution in [3.8, 4) is 22.3 Å². The molecule has 0 spiro atoms. The van der Waals surface area contributed by atoms with Gasteiger partial charge in [0.25, 0.3) is 0 Å². The van der Waals surface area contributed by atoms with Gasteiger partial charge in [0, 0.05) is 22.9 Å². The fourth-order valence-electron chi connectivity index (χ4n) is 5.29. The zero-order valence-electron chi connectivity index (χ0n) is 24.1. The van der Waals surface area contributed by atoms with Gasteiger partial charge in [0.15, 0.2) is 0 Å². The predicted molar refractivity (Wildman–Crippen MR) is 157 cm³/mol. The van der Waals surface area contributed by atoms with Crippen molar-refractivity contribution in [3.05, 3.63) is 102 Å². The van der Waals surface area contributed by atoms with Gasteiger partial charge in [-0.2, -0.15) is 0 Å². The van der Waals surface area contributed by atoms with Crippen LogP contribution in [0.25, 0.3) is 22.3 Å². The van der Waals surface area contributed by atoms with Crippen LogP contribution in [0.3, 0.4) is 0 Å². The lowest BCUT2D eigenvalue weighted by Crippen LogP contribution is -2.27. The van der Waals surface area contributed by atoms with Crippen LogP contribution in [-0.4, -0.2) is 44.0 Å². The molecule has 0 radical (unpaired) electrons. The first-order valence-electron chi connectivity index (χ1n) is 14.0. The van der Waals surface area contributed by atoms with Crippen LogP contribution in [0.2, 0.25) is 0 Å². The summed E-state index contributed by atoms with van der Waals surface area (Å²) in [7, 11) is 0. The van der Waals surface area contributed by atoms with E-state index in [4.69, 9.17) is 5.11 Å². The Morgan fingerprint density at radius 2 is 1.25 bits per heavy atom. The topological polar surface area (TPSA) is 103 Å². The molecule has 4 rings (SSSR count). The van der Waals surface area contributed by atoms with Crippen LogP contribution in [0.15, 0.2) is 72.8 Å². The molecule has 0 saturated carbocycles. The molecule has 1 amide bonds. The van der Waals surface area contributed by atoms with Crippen LogP contribution < -0.4 is 5.12 Å². The summed E-state index contributed by atoms with van der Waals surface area (Å²) in [6.07, 6.45) is -3.10. The number of aliphatic hydroxyl groups excluding tert-OH is 2. The molecule has 0 aliphatic heterocycles. The molecule has 3 aromatic carbocycles. The lowest BCUT2D eigenvalue weighted by molar-refractivity contribution is -0.139. The summed E-state index contributed by atoms with van der Waals surface area (Å²) >= 11 is 0. The van der Waals surface area contributed by atoms with Crippen LogP contribution in [0.5, 0.6) is 0 Å². The molecule has 0 fully saturated rings. The van der Waals surface area contributed by atoms with E-state index < -0.39 is 54.0 Å². The number of carboxylic acid groups (broad SMARTS) is 1. The van der Waals surface area contributed by atoms with Crippen LogP contribution in [0.4, 0.5) is 23.3 Å². The molecule has 0 bridgehead atoms. The van der Waals surface area contributed by atoms with Crippen molar-refractivity contribution in [3.63, 3.8) is 0 Å². The predicted octanol–water partition coefficient (Wildman–Crippen LogP) is 6.87. The van der Waals surface area contributed by atoms with E-state index >= 15 is 4.48 Å². The number of rotatable bonds is 12. The highest BCUT2D eigenvalue weighted by Crippen LogP contribution is 2.43. The highest BCUT2D eigenvalue weighted by Gasteiger charge is 2.33. The first kappa shape index (κ1) is 32.4. The van der Waals surface area contributed by atoms with Gasteiger partial charge in [0.05, 0.1) is 24.3 Å². The Morgan fingerprint density at radius 1 is 0.773 bits per heavy atom. The maximum Gasteiger partial charge on any atom is 0.305 e. The standard InChI is InChI=1S/C33H32F4N2O5/c1-19(2)38-28(16-15-26(40)17-27(41)18-29(42)43)30(20-3-7-22(34)8-4-20)31(21-5-9-23(35)10-6-21)32(38)33(44)39(37)25-13-11-24(36)12-14-25/h3-14,19,26-27,40-41H,15-18H2,1-2H3,(H,42,43)/t26-,27-/m1/s1. The molecule has 7 nitrogen and oxygen atoms in total. The Bertz CT molecular complexity index is 1600. The summed E-state index contributed by atoms with van der Waals surface area (Å²) in [6, 6.07) is 14.4. The molecule has 11 heteroatoms. The van der Waals surface area contributed by atoms with Crippen molar-refractivity contribution in [2.45, 2.75) is 57.8 Å². The highest BCUT2D eigenvalue weighted by atomic mass is 19.2. The smallest absolute Gasteiger partial charge is 0.305 e. The molecule has 0 aliphatic rings. The summed E-state index contributed by atoms with van der Waals surface area (Å²) in [4.78, 5) is 25.0. The molecule has 4 aromatic rings. The number of amides is 1. The van der Waals surface area contributed by atoms with E-state index in [1.165, 1.54) is 48.5 Å². The SMILES string of the molecule is CC(C)n1c(CC[C@@H](O)C[C@@H](O)CC(=O)O)c(-c2ccc(F)cc2)c(-c2ccc(F)cc2)c1C(=O)N(F)c1ccc(F)cc1. The van der Waals surface area contributed by atoms with Crippen LogP contribution in [-0.2, 0) is 11.2 Å². The van der Waals surface area contributed by atoms with E-state index in [1.807, 2.05) is 0 Å². The van der Waals surface area contributed by atoms with Gasteiger partial charge >= 0.3 is 11.9 Å². The number of carboxylic acids is 1. The van der Waals surface area contributed by atoms with Crippen molar-refractivity contribution in [1.82, 2.24) is 4.57 Å². The molecule has 232 valence electrons. The van der Waals surface area contributed by atoms with E-state index in [0.717, 1.165) is 24.3 Å². The Balaban J connectivity index is 1.95. The number of aromatic nitrogens is 1. The Kier molecular flexibility index (Phi) is 10.2. The number of hydrogen-bond acceptors (Lipinski definition) is 4. The van der Waals surface area contributed by atoms with Gasteiger partial charge in [-0.05, 0) is 92.8 Å². The highest BCUT2D eigenvalue weighted by molar-refractivity contribution is 6.11. The number of carbonyl (C=O) groups excluding carboxylic acids is 1. The molecular weight excluding hydrogens is 580 g/mol. The zero-order valence-corrected chi connectivity index (χ0v) is 24.1. The van der Waals surface area contributed by atoms with Gasteiger partial charge in [0.1, 0.15) is 23.1 Å². The minimum Gasteiger partial charge on any atom is -0.481 e. The van der Waals surface area contributed by atoms with Crippen molar-refractivity contribution in [2.24, 2.45) is 0 Å². The summed E-state index contributed by atoms with van der Waals surface area (Å²) in [5.74, 6) is -4.01. The van der Waals surface area contributed by atoms with Crippen LogP contribution in [0, 0.1) is 17.5 Å². The normalized spacial score (nSPS) is 12.8. The number of anilines is 1. The third-order valence-corrected chi connectivity index (χ3v) is 7.19. The third kappa shape index (κ3) is 7.35. The number of hydrogen-bond donors (Lipinski definition) is 3. The zero-order chi connectivity index (χ0) is 32.1. The van der Waals surface area contributed by atoms with Crippen molar-refractivity contribution in [1.29, 1.82) is 0 Å². The van der Waals surface area contributed by atoms with E-state index in [-0.39, 0.29) is 41.3 Å². The van der Waals surface area contributed by atoms with Gasteiger partial charge in [-0.25, -0.2) is 13.2 Å². The van der Waals surface area contributed by atoms with Gasteiger partial charge < -0.3 is 19.9 Å². The van der Waals surface area contributed by atoms with Gasteiger partial charge in [0.2, 0.25) is 0 Å². The summed E-state index contributed by atoms with van der Waals surface area (Å²) in [5.41, 5.74) is 1.59. The lowest BCUT2D eigenvalue weighted by Gasteiger charge is -2.21. The largest absolute Gasteiger partial charge is 0.481 e. The van der Waals surface area contributed by atoms with Gasteiger partial charge in [-0.15, -0.1) is 5.12 Å². The average molecular weight is 613 g/mol. The monoisotopic (exact) mass is 612 g/mol. The molecule has 1 heterocycles. The molecule has 0 unspecified atom stereocenters. The number of aliphatic carboxylic acids is 1. The Labute approximate surface area is 251 Å². The average Bonchev–Trinajstić information content (AvgIpc) is 3.31. The second kappa shape index (κ2) is 13.9. The van der Waals surface area contributed by atoms with Gasteiger partial charge in [-0.3, -0.25) is 9.59 Å². The second-order valence-electron chi connectivity index (χ2n) is 10.8. The number of aliphatic hydroxyl groups is 2. The molecule has 0 saturated heterocycles. The van der Waals surface area contributed by atoms with E-state index in [0.29, 0.717) is 22.4 Å². The fourth-order valence-corrected chi connectivity index (χ4v) is 5.29. The number of nitrogens with zero attached hydrogens (tertiary/aromatic N) is 2. The Hall–Kier alpha value is -4.48. The fraction of sp³-hybridized carbons (Fsp3) is 0.273. The van der Waals surface area contributed by atoms with Gasteiger partial charge in [-0.1, -0.05) is 28.7 Å². The first-order valence-corrected chi connectivity index (χ1v) is 14.0. The summed E-state index contributed by atoms with van der Waals surface area (Å²) in [5, 5.41) is 29.6. The molecule has 1 aromatic heterocycles. The van der Waals surface area contributed by atoms with E-state index in [9.17, 15) is 33.0 Å². The maximum absolute atomic E-state index is 15.8. The minimum absolute atomic E-state index is 0.0232. The third-order valence-electron chi connectivity index (χ3n) is 7.19. The molecule has 0 aliphatic carbocycles. The molecular formula is C33H32F4N2O5. The van der Waals surface area contributed by atoms with Crippen LogP contribution in [0.1, 0.15) is 55.3 Å². The maximum atomic E-state index is 15.8. The number of carbonyl (C=O) groups is 2. The van der Waals surface area contributed by atoms with Crippen LogP contribution >= 0.6 is 0 Å². The van der Waals surface area contributed by atoms with Crippen molar-refractivity contribution in [2.75, 3.05) is 5.12 Å². The Morgan fingerprint density at radius 3 is 1.73 bits per heavy atom. The first-order chi connectivity index (χ1) is 20.9. The molecule has 3 N–H and O–H groups in total. The number of benzene rings is 3.